The van der Waals surface area contributed by atoms with E-state index in [0.29, 0.717) is 39.7 Å². The topological polar surface area (TPSA) is 73.6 Å². The van der Waals surface area contributed by atoms with Crippen molar-refractivity contribution in [1.29, 1.82) is 0 Å². The van der Waals surface area contributed by atoms with Crippen LogP contribution in [0.25, 0.3) is 0 Å². The van der Waals surface area contributed by atoms with Gasteiger partial charge in [0.05, 0.1) is 16.1 Å². The summed E-state index contributed by atoms with van der Waals surface area (Å²) in [5.41, 5.74) is 6.63. The summed E-state index contributed by atoms with van der Waals surface area (Å²) in [4.78, 5) is 11.0. The summed E-state index contributed by atoms with van der Waals surface area (Å²) in [6.07, 6.45) is 0. The number of amides is 1. The molecule has 5 nitrogen and oxygen atoms in total. The molecular weight excluding hydrogens is 474 g/mol. The number of primary amides is 1. The Kier molecular flexibility index (Phi) is 8.37. The summed E-state index contributed by atoms with van der Waals surface area (Å²) >= 11 is 15.4. The maximum absolute atomic E-state index is 13.8. The van der Waals surface area contributed by atoms with Crippen LogP contribution in [0.4, 0.5) is 4.39 Å². The second-order valence-electron chi connectivity index (χ2n) is 5.98. The summed E-state index contributed by atoms with van der Waals surface area (Å²) in [5.74, 6) is -0.216. The van der Waals surface area contributed by atoms with Crippen molar-refractivity contribution in [1.82, 2.24) is 5.32 Å². The van der Waals surface area contributed by atoms with Gasteiger partial charge < -0.3 is 20.5 Å². The van der Waals surface area contributed by atoms with Gasteiger partial charge in [-0.15, -0.1) is 0 Å². The number of hydrogen-bond donors (Lipinski definition) is 2. The largest absolute Gasteiger partial charge is 0.490 e. The van der Waals surface area contributed by atoms with Crippen molar-refractivity contribution in [2.24, 2.45) is 5.73 Å². The van der Waals surface area contributed by atoms with Crippen molar-refractivity contribution < 1.29 is 18.7 Å². The number of ether oxygens (including phenoxy) is 2. The normalized spacial score (nSPS) is 11.9. The van der Waals surface area contributed by atoms with Crippen LogP contribution in [0.3, 0.4) is 0 Å². The van der Waals surface area contributed by atoms with Gasteiger partial charge in [-0.2, -0.15) is 0 Å². The Morgan fingerprint density at radius 3 is 2.61 bits per heavy atom. The fraction of sp³-hybridized carbons (Fsp3) is 0.316. The first-order valence-corrected chi connectivity index (χ1v) is 10.0. The van der Waals surface area contributed by atoms with Crippen LogP contribution in [-0.4, -0.2) is 19.1 Å². The first kappa shape index (κ1) is 22.7. The van der Waals surface area contributed by atoms with Crippen LogP contribution in [0, 0.1) is 5.82 Å². The number of nitrogens with two attached hydrogens (primary N) is 1. The average Bonchev–Trinajstić information content (AvgIpc) is 2.62. The quantitative estimate of drug-likeness (QED) is 0.481. The first-order valence-electron chi connectivity index (χ1n) is 8.47. The van der Waals surface area contributed by atoms with Crippen LogP contribution in [0.15, 0.2) is 28.7 Å². The smallest absolute Gasteiger partial charge is 0.255 e. The van der Waals surface area contributed by atoms with E-state index in [9.17, 15) is 9.18 Å². The van der Waals surface area contributed by atoms with E-state index in [1.54, 1.807) is 6.07 Å². The number of carbonyl (C=O) groups excluding carboxylic acids is 1. The maximum Gasteiger partial charge on any atom is 0.255 e. The van der Waals surface area contributed by atoms with E-state index in [4.69, 9.17) is 38.4 Å². The number of rotatable bonds is 9. The van der Waals surface area contributed by atoms with Gasteiger partial charge >= 0.3 is 0 Å². The van der Waals surface area contributed by atoms with E-state index in [1.165, 1.54) is 12.1 Å². The Bertz CT molecular complexity index is 868. The van der Waals surface area contributed by atoms with Gasteiger partial charge in [0.15, 0.2) is 18.1 Å². The van der Waals surface area contributed by atoms with Gasteiger partial charge in [-0.1, -0.05) is 23.2 Å². The minimum Gasteiger partial charge on any atom is -0.490 e. The molecule has 0 saturated carbocycles. The number of carbonyl (C=O) groups is 1. The van der Waals surface area contributed by atoms with E-state index in [2.05, 4.69) is 21.2 Å². The molecule has 0 aliphatic heterocycles. The zero-order valence-electron chi connectivity index (χ0n) is 15.3. The minimum absolute atomic E-state index is 0.0159. The summed E-state index contributed by atoms with van der Waals surface area (Å²) < 4.78 is 25.4. The monoisotopic (exact) mass is 492 g/mol. The van der Waals surface area contributed by atoms with Crippen molar-refractivity contribution in [3.8, 4) is 11.5 Å². The Labute approximate surface area is 181 Å². The van der Waals surface area contributed by atoms with E-state index in [1.807, 2.05) is 19.9 Å². The van der Waals surface area contributed by atoms with E-state index in [-0.39, 0.29) is 17.7 Å². The highest BCUT2D eigenvalue weighted by atomic mass is 79.9. The van der Waals surface area contributed by atoms with E-state index in [0.717, 1.165) is 5.56 Å². The Morgan fingerprint density at radius 2 is 1.96 bits per heavy atom. The van der Waals surface area contributed by atoms with Gasteiger partial charge in [-0.05, 0) is 65.2 Å². The minimum atomic E-state index is -0.582. The second-order valence-corrected chi connectivity index (χ2v) is 7.65. The summed E-state index contributed by atoms with van der Waals surface area (Å²) in [6, 6.07) is 6.13. The Balaban J connectivity index is 2.17. The molecule has 152 valence electrons. The van der Waals surface area contributed by atoms with Gasteiger partial charge in [0, 0.05) is 17.6 Å². The SMILES string of the molecule is CCOc1cc(CN[C@@H](C)c2cc(F)c(Cl)cc2Cl)cc(Br)c1OCC(N)=O. The molecule has 0 spiro atoms. The predicted octanol–water partition coefficient (Wildman–Crippen LogP) is 5.01. The predicted molar refractivity (Wildman–Crippen MR) is 112 cm³/mol. The van der Waals surface area contributed by atoms with Gasteiger partial charge in [0.1, 0.15) is 5.82 Å². The number of halogens is 4. The lowest BCUT2D eigenvalue weighted by Gasteiger charge is -2.18. The van der Waals surface area contributed by atoms with Gasteiger partial charge in [0.2, 0.25) is 0 Å². The van der Waals surface area contributed by atoms with Crippen molar-refractivity contribution in [3.05, 3.63) is 55.7 Å². The molecule has 0 bridgehead atoms. The highest BCUT2D eigenvalue weighted by molar-refractivity contribution is 9.10. The van der Waals surface area contributed by atoms with Crippen molar-refractivity contribution in [2.75, 3.05) is 13.2 Å². The third-order valence-corrected chi connectivity index (χ3v) is 5.05. The second kappa shape index (κ2) is 10.3. The van der Waals surface area contributed by atoms with Crippen LogP contribution in [0.2, 0.25) is 10.0 Å². The molecule has 0 aromatic heterocycles. The highest BCUT2D eigenvalue weighted by Gasteiger charge is 2.16. The molecule has 0 heterocycles. The van der Waals surface area contributed by atoms with E-state index >= 15 is 0 Å². The third kappa shape index (κ3) is 5.98. The van der Waals surface area contributed by atoms with Crippen LogP contribution in [-0.2, 0) is 11.3 Å². The molecule has 2 aromatic carbocycles. The molecule has 2 rings (SSSR count). The fourth-order valence-electron chi connectivity index (χ4n) is 2.52. The lowest BCUT2D eigenvalue weighted by Crippen LogP contribution is -2.21. The molecule has 3 N–H and O–H groups in total. The van der Waals surface area contributed by atoms with Gasteiger partial charge in [-0.3, -0.25) is 4.79 Å². The number of benzene rings is 2. The standard InChI is InChI=1S/C19H20BrCl2FN2O3/c1-3-27-17-5-11(4-13(20)19(17)28-9-18(24)26)8-25-10(2)12-6-16(23)15(22)7-14(12)21/h4-7,10,25H,3,8-9H2,1-2H3,(H2,24,26)/t10-/m0/s1. The highest BCUT2D eigenvalue weighted by Crippen LogP contribution is 2.37. The molecular formula is C19H20BrCl2FN2O3. The molecule has 1 amide bonds. The lowest BCUT2D eigenvalue weighted by molar-refractivity contribution is -0.119. The van der Waals surface area contributed by atoms with Crippen molar-refractivity contribution in [2.45, 2.75) is 26.4 Å². The maximum atomic E-state index is 13.8. The zero-order valence-corrected chi connectivity index (χ0v) is 18.4. The molecule has 9 heteroatoms. The van der Waals surface area contributed by atoms with Crippen molar-refractivity contribution in [3.63, 3.8) is 0 Å². The Morgan fingerprint density at radius 1 is 1.25 bits per heavy atom. The van der Waals surface area contributed by atoms with Crippen LogP contribution >= 0.6 is 39.1 Å². The average molecular weight is 494 g/mol. The van der Waals surface area contributed by atoms with Crippen LogP contribution in [0.5, 0.6) is 11.5 Å². The molecule has 0 aliphatic carbocycles. The van der Waals surface area contributed by atoms with Crippen molar-refractivity contribution >= 4 is 45.0 Å². The zero-order chi connectivity index (χ0) is 20.8. The first-order chi connectivity index (χ1) is 13.2. The summed E-state index contributed by atoms with van der Waals surface area (Å²) in [6.45, 7) is 4.34. The van der Waals surface area contributed by atoms with Crippen LogP contribution < -0.4 is 20.5 Å². The van der Waals surface area contributed by atoms with Gasteiger partial charge in [-0.25, -0.2) is 4.39 Å². The molecule has 0 radical (unpaired) electrons. The molecule has 0 unspecified atom stereocenters. The molecule has 28 heavy (non-hydrogen) atoms. The summed E-state index contributed by atoms with van der Waals surface area (Å²) in [7, 11) is 0. The molecule has 2 aromatic rings. The van der Waals surface area contributed by atoms with E-state index < -0.39 is 11.7 Å². The Hall–Kier alpha value is -1.54. The summed E-state index contributed by atoms with van der Waals surface area (Å²) in [5, 5.41) is 3.65. The third-order valence-electron chi connectivity index (χ3n) is 3.85. The van der Waals surface area contributed by atoms with Crippen LogP contribution in [0.1, 0.15) is 31.0 Å². The fourth-order valence-corrected chi connectivity index (χ4v) is 3.67. The molecule has 0 fully saturated rings. The van der Waals surface area contributed by atoms with Gasteiger partial charge in [0.25, 0.3) is 5.91 Å². The lowest BCUT2D eigenvalue weighted by atomic mass is 10.1. The number of nitrogens with one attached hydrogen (secondary N) is 1. The molecule has 1 atom stereocenters. The molecule has 0 saturated heterocycles. The number of hydrogen-bond acceptors (Lipinski definition) is 4. The molecule has 0 aliphatic rings.